The lowest BCUT2D eigenvalue weighted by Gasteiger charge is -2.36. The quantitative estimate of drug-likeness (QED) is 0.911. The monoisotopic (exact) mass is 323 g/mol. The van der Waals surface area contributed by atoms with E-state index in [-0.39, 0.29) is 5.91 Å². The van der Waals surface area contributed by atoms with Crippen LogP contribution in [-0.4, -0.2) is 35.4 Å². The third-order valence-corrected chi connectivity index (χ3v) is 4.71. The van der Waals surface area contributed by atoms with Crippen LogP contribution < -0.4 is 5.32 Å². The van der Waals surface area contributed by atoms with Gasteiger partial charge in [0.2, 0.25) is 0 Å². The highest BCUT2D eigenvalue weighted by Crippen LogP contribution is 2.23. The SMILES string of the molecule is CNc1cccc(CCC2CCCCN2C(=O)c2ccccc2)n1. The van der Waals surface area contributed by atoms with E-state index in [0.29, 0.717) is 6.04 Å². The molecular formula is C20H25N3O. The van der Waals surface area contributed by atoms with E-state index in [4.69, 9.17) is 0 Å². The molecule has 2 heterocycles. The van der Waals surface area contributed by atoms with Crippen LogP contribution in [0.2, 0.25) is 0 Å². The maximum atomic E-state index is 12.8. The summed E-state index contributed by atoms with van der Waals surface area (Å²) in [5, 5.41) is 3.08. The normalized spacial score (nSPS) is 17.5. The van der Waals surface area contributed by atoms with Gasteiger partial charge in [-0.2, -0.15) is 0 Å². The lowest BCUT2D eigenvalue weighted by atomic mass is 9.96. The first kappa shape index (κ1) is 16.5. The van der Waals surface area contributed by atoms with Crippen molar-refractivity contribution in [2.24, 2.45) is 0 Å². The largest absolute Gasteiger partial charge is 0.373 e. The van der Waals surface area contributed by atoms with Gasteiger partial charge in [-0.3, -0.25) is 4.79 Å². The number of hydrogen-bond donors (Lipinski definition) is 1. The van der Waals surface area contributed by atoms with E-state index in [0.717, 1.165) is 49.3 Å². The van der Waals surface area contributed by atoms with E-state index in [2.05, 4.69) is 21.3 Å². The second-order valence-electron chi connectivity index (χ2n) is 6.32. The number of benzene rings is 1. The predicted octanol–water partition coefficient (Wildman–Crippen LogP) is 3.75. The van der Waals surface area contributed by atoms with Crippen LogP contribution in [0.25, 0.3) is 0 Å². The highest BCUT2D eigenvalue weighted by Gasteiger charge is 2.27. The third-order valence-electron chi connectivity index (χ3n) is 4.71. The molecule has 1 aromatic carbocycles. The number of nitrogens with zero attached hydrogens (tertiary/aromatic N) is 2. The number of carbonyl (C=O) groups excluding carboxylic acids is 1. The standard InChI is InChI=1S/C20H25N3O/c1-21-19-12-7-10-17(22-19)13-14-18-11-5-6-15-23(18)20(24)16-8-3-2-4-9-16/h2-4,7-10,12,18H,5-6,11,13-15H2,1H3,(H,21,22). The van der Waals surface area contributed by atoms with Crippen molar-refractivity contribution in [1.29, 1.82) is 0 Å². The van der Waals surface area contributed by atoms with Crippen molar-refractivity contribution in [2.75, 3.05) is 18.9 Å². The number of nitrogens with one attached hydrogen (secondary N) is 1. The summed E-state index contributed by atoms with van der Waals surface area (Å²) in [7, 11) is 1.88. The minimum atomic E-state index is 0.164. The smallest absolute Gasteiger partial charge is 0.254 e. The van der Waals surface area contributed by atoms with Crippen molar-refractivity contribution in [3.05, 3.63) is 59.8 Å². The summed E-state index contributed by atoms with van der Waals surface area (Å²) in [6, 6.07) is 16.0. The van der Waals surface area contributed by atoms with Gasteiger partial charge in [-0.05, 0) is 56.4 Å². The molecule has 2 aromatic rings. The Hall–Kier alpha value is -2.36. The van der Waals surface area contributed by atoms with Gasteiger partial charge in [-0.15, -0.1) is 0 Å². The topological polar surface area (TPSA) is 45.2 Å². The second-order valence-corrected chi connectivity index (χ2v) is 6.32. The molecule has 1 fully saturated rings. The minimum absolute atomic E-state index is 0.164. The molecule has 1 aromatic heterocycles. The summed E-state index contributed by atoms with van der Waals surface area (Å²) in [6.45, 7) is 0.863. The molecule has 1 saturated heterocycles. The van der Waals surface area contributed by atoms with Gasteiger partial charge in [-0.25, -0.2) is 4.98 Å². The lowest BCUT2D eigenvalue weighted by Crippen LogP contribution is -2.44. The first-order valence-electron chi connectivity index (χ1n) is 8.77. The molecule has 1 N–H and O–H groups in total. The van der Waals surface area contributed by atoms with Gasteiger partial charge >= 0.3 is 0 Å². The number of rotatable bonds is 5. The van der Waals surface area contributed by atoms with Crippen molar-refractivity contribution < 1.29 is 4.79 Å². The molecule has 0 radical (unpaired) electrons. The highest BCUT2D eigenvalue weighted by atomic mass is 16.2. The Morgan fingerprint density at radius 2 is 2.00 bits per heavy atom. The third kappa shape index (κ3) is 3.94. The Kier molecular flexibility index (Phi) is 5.47. The number of hydrogen-bond acceptors (Lipinski definition) is 3. The molecule has 0 bridgehead atoms. The molecule has 126 valence electrons. The van der Waals surface area contributed by atoms with Crippen LogP contribution in [0.3, 0.4) is 0 Å². The summed E-state index contributed by atoms with van der Waals surface area (Å²) < 4.78 is 0. The zero-order chi connectivity index (χ0) is 16.8. The van der Waals surface area contributed by atoms with Crippen LogP contribution in [0, 0.1) is 0 Å². The molecule has 0 aliphatic carbocycles. The average Bonchev–Trinajstić information content (AvgIpc) is 2.67. The Morgan fingerprint density at radius 3 is 2.79 bits per heavy atom. The minimum Gasteiger partial charge on any atom is -0.373 e. The van der Waals surface area contributed by atoms with Crippen molar-refractivity contribution in [3.8, 4) is 0 Å². The van der Waals surface area contributed by atoms with Crippen LogP contribution in [0.1, 0.15) is 41.7 Å². The zero-order valence-corrected chi connectivity index (χ0v) is 14.2. The van der Waals surface area contributed by atoms with E-state index in [1.807, 2.05) is 49.5 Å². The average molecular weight is 323 g/mol. The molecule has 0 spiro atoms. The number of amides is 1. The predicted molar refractivity (Wildman–Crippen MR) is 97.2 cm³/mol. The molecule has 0 saturated carbocycles. The number of aryl methyl sites for hydroxylation is 1. The number of likely N-dealkylation sites (tertiary alicyclic amines) is 1. The van der Waals surface area contributed by atoms with Gasteiger partial charge < -0.3 is 10.2 Å². The fourth-order valence-electron chi connectivity index (χ4n) is 3.39. The van der Waals surface area contributed by atoms with E-state index in [9.17, 15) is 4.79 Å². The number of anilines is 1. The van der Waals surface area contributed by atoms with E-state index in [1.54, 1.807) is 0 Å². The van der Waals surface area contributed by atoms with Gasteiger partial charge in [0.25, 0.3) is 5.91 Å². The fourth-order valence-corrected chi connectivity index (χ4v) is 3.39. The van der Waals surface area contributed by atoms with Crippen molar-refractivity contribution in [2.45, 2.75) is 38.1 Å². The first-order chi connectivity index (χ1) is 11.8. The van der Waals surface area contributed by atoms with Crippen molar-refractivity contribution in [3.63, 3.8) is 0 Å². The van der Waals surface area contributed by atoms with Gasteiger partial charge in [0.1, 0.15) is 5.82 Å². The summed E-state index contributed by atoms with van der Waals surface area (Å²) in [5.74, 6) is 1.06. The zero-order valence-electron chi connectivity index (χ0n) is 14.2. The second kappa shape index (κ2) is 7.95. The number of piperidine rings is 1. The number of carbonyl (C=O) groups is 1. The maximum absolute atomic E-state index is 12.8. The first-order valence-corrected chi connectivity index (χ1v) is 8.77. The van der Waals surface area contributed by atoms with Crippen molar-refractivity contribution in [1.82, 2.24) is 9.88 Å². The van der Waals surface area contributed by atoms with E-state index < -0.39 is 0 Å². The van der Waals surface area contributed by atoms with Gasteiger partial charge in [0, 0.05) is 30.9 Å². The van der Waals surface area contributed by atoms with Gasteiger partial charge in [0.05, 0.1) is 0 Å². The molecule has 3 rings (SSSR count). The Labute approximate surface area is 143 Å². The Morgan fingerprint density at radius 1 is 1.17 bits per heavy atom. The van der Waals surface area contributed by atoms with Crippen LogP contribution in [0.15, 0.2) is 48.5 Å². The molecule has 24 heavy (non-hydrogen) atoms. The molecule has 1 amide bonds. The molecule has 4 nitrogen and oxygen atoms in total. The molecule has 4 heteroatoms. The fraction of sp³-hybridized carbons (Fsp3) is 0.400. The summed E-state index contributed by atoms with van der Waals surface area (Å²) >= 11 is 0. The van der Waals surface area contributed by atoms with E-state index >= 15 is 0 Å². The van der Waals surface area contributed by atoms with E-state index in [1.165, 1.54) is 6.42 Å². The number of aromatic nitrogens is 1. The summed E-state index contributed by atoms with van der Waals surface area (Å²) in [5.41, 5.74) is 1.87. The Balaban J connectivity index is 1.67. The van der Waals surface area contributed by atoms with Crippen LogP contribution >= 0.6 is 0 Å². The highest BCUT2D eigenvalue weighted by molar-refractivity contribution is 5.94. The summed E-state index contributed by atoms with van der Waals surface area (Å²) in [4.78, 5) is 19.5. The molecule has 1 aliphatic rings. The van der Waals surface area contributed by atoms with Gasteiger partial charge in [-0.1, -0.05) is 24.3 Å². The Bertz CT molecular complexity index is 672. The van der Waals surface area contributed by atoms with Crippen LogP contribution in [0.5, 0.6) is 0 Å². The summed E-state index contributed by atoms with van der Waals surface area (Å²) in [6.07, 6.45) is 5.26. The van der Waals surface area contributed by atoms with Crippen LogP contribution in [0.4, 0.5) is 5.82 Å². The maximum Gasteiger partial charge on any atom is 0.254 e. The molecule has 1 aliphatic heterocycles. The molecule has 1 atom stereocenters. The van der Waals surface area contributed by atoms with Crippen LogP contribution in [-0.2, 0) is 6.42 Å². The molecular weight excluding hydrogens is 298 g/mol. The van der Waals surface area contributed by atoms with Crippen molar-refractivity contribution >= 4 is 11.7 Å². The molecule has 1 unspecified atom stereocenters. The lowest BCUT2D eigenvalue weighted by molar-refractivity contribution is 0.0601. The number of pyridine rings is 1. The van der Waals surface area contributed by atoms with Gasteiger partial charge in [0.15, 0.2) is 0 Å².